The van der Waals surface area contributed by atoms with E-state index in [0.717, 1.165) is 0 Å². The molecular formula is C15H20F4N2O. The van der Waals surface area contributed by atoms with Gasteiger partial charge in [-0.25, -0.2) is 4.39 Å². The Labute approximate surface area is 126 Å². The lowest BCUT2D eigenvalue weighted by Gasteiger charge is -2.19. The van der Waals surface area contributed by atoms with Crippen molar-refractivity contribution in [2.45, 2.75) is 45.1 Å². The SMILES string of the molecule is CC(C)n1cc(CCN2CCC(F)C2)c(C(F)(F)F)cc1=O. The van der Waals surface area contributed by atoms with E-state index in [0.29, 0.717) is 25.6 Å². The molecule has 3 nitrogen and oxygen atoms in total. The van der Waals surface area contributed by atoms with Gasteiger partial charge < -0.3 is 9.47 Å². The fourth-order valence-electron chi connectivity index (χ4n) is 2.73. The Balaban J connectivity index is 2.26. The number of likely N-dealkylation sites (tertiary alicyclic amines) is 1. The van der Waals surface area contributed by atoms with Gasteiger partial charge in [-0.05, 0) is 32.3 Å². The predicted molar refractivity (Wildman–Crippen MR) is 75.7 cm³/mol. The standard InChI is InChI=1S/C15H20F4N2O/c1-10(2)21-8-11(3-5-20-6-4-12(16)9-20)13(7-14(21)22)15(17,18)19/h7-8,10,12H,3-6,9H2,1-2H3. The second-order valence-corrected chi connectivity index (χ2v) is 5.99. The normalized spacial score (nSPS) is 20.0. The lowest BCUT2D eigenvalue weighted by molar-refractivity contribution is -0.138. The zero-order chi connectivity index (χ0) is 16.5. The van der Waals surface area contributed by atoms with Crippen molar-refractivity contribution in [3.8, 4) is 0 Å². The Bertz CT molecular complexity index is 580. The molecule has 0 aliphatic carbocycles. The molecule has 1 saturated heterocycles. The zero-order valence-corrected chi connectivity index (χ0v) is 12.7. The van der Waals surface area contributed by atoms with E-state index in [2.05, 4.69) is 0 Å². The maximum absolute atomic E-state index is 13.1. The Morgan fingerprint density at radius 1 is 1.36 bits per heavy atom. The average Bonchev–Trinajstić information content (AvgIpc) is 2.81. The number of hydrogen-bond acceptors (Lipinski definition) is 2. The molecule has 0 saturated carbocycles. The van der Waals surface area contributed by atoms with Crippen molar-refractivity contribution in [2.75, 3.05) is 19.6 Å². The molecule has 2 rings (SSSR count). The number of halogens is 4. The molecule has 1 atom stereocenters. The van der Waals surface area contributed by atoms with Crippen LogP contribution in [0.1, 0.15) is 37.4 Å². The Morgan fingerprint density at radius 2 is 2.05 bits per heavy atom. The van der Waals surface area contributed by atoms with E-state index in [1.165, 1.54) is 10.8 Å². The minimum Gasteiger partial charge on any atom is -0.313 e. The van der Waals surface area contributed by atoms with Crippen LogP contribution in [-0.2, 0) is 12.6 Å². The van der Waals surface area contributed by atoms with E-state index < -0.39 is 23.5 Å². The average molecular weight is 320 g/mol. The van der Waals surface area contributed by atoms with Gasteiger partial charge in [0, 0.05) is 37.9 Å². The molecule has 1 unspecified atom stereocenters. The van der Waals surface area contributed by atoms with Crippen molar-refractivity contribution in [2.24, 2.45) is 0 Å². The van der Waals surface area contributed by atoms with Gasteiger partial charge in [0.1, 0.15) is 6.17 Å². The summed E-state index contributed by atoms with van der Waals surface area (Å²) in [5, 5.41) is 0. The first kappa shape index (κ1) is 17.0. The first-order valence-electron chi connectivity index (χ1n) is 7.37. The second-order valence-electron chi connectivity index (χ2n) is 5.99. The van der Waals surface area contributed by atoms with Crippen LogP contribution in [0.2, 0.25) is 0 Å². The molecule has 0 N–H and O–H groups in total. The third-order valence-electron chi connectivity index (χ3n) is 3.94. The van der Waals surface area contributed by atoms with E-state index in [-0.39, 0.29) is 24.6 Å². The summed E-state index contributed by atoms with van der Waals surface area (Å²) in [5.74, 6) is 0. The van der Waals surface area contributed by atoms with Crippen molar-refractivity contribution in [3.05, 3.63) is 33.7 Å². The number of aromatic nitrogens is 1. The first-order valence-corrected chi connectivity index (χ1v) is 7.37. The Kier molecular flexibility index (Phi) is 4.94. The van der Waals surface area contributed by atoms with Crippen LogP contribution in [0, 0.1) is 0 Å². The van der Waals surface area contributed by atoms with Gasteiger partial charge in [-0.3, -0.25) is 4.79 Å². The first-order chi connectivity index (χ1) is 10.2. The monoisotopic (exact) mass is 320 g/mol. The highest BCUT2D eigenvalue weighted by atomic mass is 19.4. The number of rotatable bonds is 4. The molecule has 1 aliphatic heterocycles. The summed E-state index contributed by atoms with van der Waals surface area (Å²) in [7, 11) is 0. The number of nitrogens with zero attached hydrogens (tertiary/aromatic N) is 2. The van der Waals surface area contributed by atoms with Crippen LogP contribution in [-0.4, -0.2) is 35.3 Å². The molecule has 1 aromatic rings. The van der Waals surface area contributed by atoms with Crippen molar-refractivity contribution in [1.82, 2.24) is 9.47 Å². The second kappa shape index (κ2) is 6.40. The van der Waals surface area contributed by atoms with Gasteiger partial charge in [0.25, 0.3) is 5.56 Å². The lowest BCUT2D eigenvalue weighted by atomic mass is 10.1. The van der Waals surface area contributed by atoms with Gasteiger partial charge in [0.15, 0.2) is 0 Å². The fourth-order valence-corrected chi connectivity index (χ4v) is 2.73. The van der Waals surface area contributed by atoms with Gasteiger partial charge in [-0.1, -0.05) is 0 Å². The molecule has 0 bridgehead atoms. The highest BCUT2D eigenvalue weighted by Crippen LogP contribution is 2.31. The highest BCUT2D eigenvalue weighted by molar-refractivity contribution is 5.27. The number of alkyl halides is 4. The summed E-state index contributed by atoms with van der Waals surface area (Å²) < 4.78 is 53.7. The molecule has 1 aromatic heterocycles. The summed E-state index contributed by atoms with van der Waals surface area (Å²) in [6.45, 7) is 4.68. The van der Waals surface area contributed by atoms with Crippen LogP contribution in [0.3, 0.4) is 0 Å². The minimum absolute atomic E-state index is 0.0862. The van der Waals surface area contributed by atoms with Crippen molar-refractivity contribution in [1.29, 1.82) is 0 Å². The van der Waals surface area contributed by atoms with Crippen LogP contribution in [0.25, 0.3) is 0 Å². The van der Waals surface area contributed by atoms with E-state index in [1.54, 1.807) is 13.8 Å². The summed E-state index contributed by atoms with van der Waals surface area (Å²) in [4.78, 5) is 13.6. The Hall–Kier alpha value is -1.37. The summed E-state index contributed by atoms with van der Waals surface area (Å²) >= 11 is 0. The summed E-state index contributed by atoms with van der Waals surface area (Å²) in [6, 6.07) is 0.452. The largest absolute Gasteiger partial charge is 0.416 e. The third-order valence-corrected chi connectivity index (χ3v) is 3.94. The zero-order valence-electron chi connectivity index (χ0n) is 12.7. The van der Waals surface area contributed by atoms with E-state index in [1.807, 2.05) is 4.90 Å². The molecule has 7 heteroatoms. The molecule has 0 spiro atoms. The topological polar surface area (TPSA) is 25.2 Å². The lowest BCUT2D eigenvalue weighted by Crippen LogP contribution is -2.28. The third kappa shape index (κ3) is 3.88. The quantitative estimate of drug-likeness (QED) is 0.797. The van der Waals surface area contributed by atoms with Crippen molar-refractivity contribution >= 4 is 0 Å². The van der Waals surface area contributed by atoms with Gasteiger partial charge in [-0.2, -0.15) is 13.2 Å². The van der Waals surface area contributed by atoms with Crippen LogP contribution in [0.4, 0.5) is 17.6 Å². The molecular weight excluding hydrogens is 300 g/mol. The van der Waals surface area contributed by atoms with E-state index >= 15 is 0 Å². The van der Waals surface area contributed by atoms with E-state index in [9.17, 15) is 22.4 Å². The van der Waals surface area contributed by atoms with Gasteiger partial charge in [-0.15, -0.1) is 0 Å². The van der Waals surface area contributed by atoms with Crippen LogP contribution in [0.5, 0.6) is 0 Å². The number of pyridine rings is 1. The molecule has 22 heavy (non-hydrogen) atoms. The van der Waals surface area contributed by atoms with Crippen molar-refractivity contribution in [3.63, 3.8) is 0 Å². The molecule has 2 heterocycles. The Morgan fingerprint density at radius 3 is 2.55 bits per heavy atom. The van der Waals surface area contributed by atoms with Crippen molar-refractivity contribution < 1.29 is 17.6 Å². The molecule has 0 radical (unpaired) electrons. The summed E-state index contributed by atoms with van der Waals surface area (Å²) in [6.07, 6.45) is -3.59. The number of hydrogen-bond donors (Lipinski definition) is 0. The van der Waals surface area contributed by atoms with Crippen LogP contribution in [0.15, 0.2) is 17.1 Å². The highest BCUT2D eigenvalue weighted by Gasteiger charge is 2.34. The predicted octanol–water partition coefficient (Wildman–Crippen LogP) is 3.03. The molecule has 1 fully saturated rings. The summed E-state index contributed by atoms with van der Waals surface area (Å²) in [5.41, 5.74) is -1.45. The maximum Gasteiger partial charge on any atom is 0.416 e. The van der Waals surface area contributed by atoms with Gasteiger partial charge >= 0.3 is 6.18 Å². The molecule has 124 valence electrons. The fraction of sp³-hybridized carbons (Fsp3) is 0.667. The smallest absolute Gasteiger partial charge is 0.313 e. The van der Waals surface area contributed by atoms with Crippen LogP contribution >= 0.6 is 0 Å². The van der Waals surface area contributed by atoms with E-state index in [4.69, 9.17) is 0 Å². The van der Waals surface area contributed by atoms with Gasteiger partial charge in [0.2, 0.25) is 0 Å². The molecule has 0 amide bonds. The molecule has 1 aliphatic rings. The van der Waals surface area contributed by atoms with Crippen LogP contribution < -0.4 is 5.56 Å². The molecule has 0 aromatic carbocycles. The maximum atomic E-state index is 13.1. The minimum atomic E-state index is -4.56. The van der Waals surface area contributed by atoms with Gasteiger partial charge in [0.05, 0.1) is 5.56 Å².